The van der Waals surface area contributed by atoms with Crippen LogP contribution in [0.4, 0.5) is 18.9 Å². The van der Waals surface area contributed by atoms with Crippen LogP contribution in [0.2, 0.25) is 0 Å². The number of alkyl halides is 3. The van der Waals surface area contributed by atoms with Crippen LogP contribution in [0.25, 0.3) is 0 Å². The van der Waals surface area contributed by atoms with E-state index in [1.54, 1.807) is 26.8 Å². The van der Waals surface area contributed by atoms with Crippen molar-refractivity contribution < 1.29 is 17.9 Å². The van der Waals surface area contributed by atoms with Gasteiger partial charge in [-0.3, -0.25) is 10.8 Å². The first kappa shape index (κ1) is 18.3. The summed E-state index contributed by atoms with van der Waals surface area (Å²) in [5.74, 6) is -0.607. The molecule has 124 valence electrons. The number of halogens is 3. The van der Waals surface area contributed by atoms with Gasteiger partial charge in [0, 0.05) is 6.07 Å². The molecule has 9 heteroatoms. The molecule has 1 aromatic rings. The molecule has 23 heavy (non-hydrogen) atoms. The molecule has 0 fully saturated rings. The van der Waals surface area contributed by atoms with E-state index < -0.39 is 28.9 Å². The second kappa shape index (κ2) is 6.56. The molecule has 0 heterocycles. The van der Waals surface area contributed by atoms with Crippen molar-refractivity contribution >= 4 is 17.2 Å². The standard InChI is InChI=1S/C14H16F3N5O/c1-13(2,3)23-10-5-8(14(15,16)17)4-9(6-10)21-22-11(7-18)12(19)20/h4-6,21H,1-3H3,(H3,19,20)/b22-11+. The molecule has 0 unspecified atom stereocenters. The molecule has 0 aliphatic heterocycles. The van der Waals surface area contributed by atoms with E-state index in [9.17, 15) is 13.2 Å². The zero-order valence-corrected chi connectivity index (χ0v) is 12.7. The van der Waals surface area contributed by atoms with Gasteiger partial charge in [0.1, 0.15) is 17.4 Å². The second-order valence-corrected chi connectivity index (χ2v) is 5.56. The van der Waals surface area contributed by atoms with E-state index in [0.29, 0.717) is 0 Å². The predicted molar refractivity (Wildman–Crippen MR) is 80.4 cm³/mol. The normalized spacial score (nSPS) is 12.5. The molecule has 6 nitrogen and oxygen atoms in total. The third-order valence-corrected chi connectivity index (χ3v) is 2.32. The molecule has 0 atom stereocenters. The average molecular weight is 327 g/mol. The van der Waals surface area contributed by atoms with E-state index in [-0.39, 0.29) is 11.4 Å². The van der Waals surface area contributed by atoms with Crippen LogP contribution in [0.1, 0.15) is 26.3 Å². The first-order valence-electron chi connectivity index (χ1n) is 6.42. The molecule has 0 bridgehead atoms. The molecule has 0 aliphatic carbocycles. The monoisotopic (exact) mass is 327 g/mol. The van der Waals surface area contributed by atoms with E-state index in [2.05, 4.69) is 10.5 Å². The number of hydrogen-bond acceptors (Lipinski definition) is 5. The van der Waals surface area contributed by atoms with Gasteiger partial charge in [-0.2, -0.15) is 23.5 Å². The Hall–Kier alpha value is -2.76. The zero-order valence-electron chi connectivity index (χ0n) is 12.7. The lowest BCUT2D eigenvalue weighted by Gasteiger charge is -2.22. The fourth-order valence-corrected chi connectivity index (χ4v) is 1.51. The number of nitrogens with one attached hydrogen (secondary N) is 2. The Bertz CT molecular complexity index is 668. The van der Waals surface area contributed by atoms with Crippen LogP contribution in [0.5, 0.6) is 5.75 Å². The van der Waals surface area contributed by atoms with E-state index in [1.807, 2.05) is 0 Å². The van der Waals surface area contributed by atoms with Crippen LogP contribution in [0.15, 0.2) is 23.3 Å². The van der Waals surface area contributed by atoms with Crippen LogP contribution >= 0.6 is 0 Å². The van der Waals surface area contributed by atoms with Crippen molar-refractivity contribution in [1.82, 2.24) is 0 Å². The third-order valence-electron chi connectivity index (χ3n) is 2.32. The molecule has 0 saturated carbocycles. The number of hydrazone groups is 1. The first-order valence-corrected chi connectivity index (χ1v) is 6.42. The average Bonchev–Trinajstić information content (AvgIpc) is 2.35. The summed E-state index contributed by atoms with van der Waals surface area (Å²) in [6, 6.07) is 4.54. The lowest BCUT2D eigenvalue weighted by atomic mass is 10.1. The molecule has 0 spiro atoms. The number of nitrogens with zero attached hydrogens (tertiary/aromatic N) is 2. The van der Waals surface area contributed by atoms with Gasteiger partial charge in [0.15, 0.2) is 5.84 Å². The van der Waals surface area contributed by atoms with E-state index >= 15 is 0 Å². The minimum absolute atomic E-state index is 0.00800. The number of anilines is 1. The van der Waals surface area contributed by atoms with Crippen molar-refractivity contribution in [3.63, 3.8) is 0 Å². The minimum Gasteiger partial charge on any atom is -0.488 e. The van der Waals surface area contributed by atoms with Crippen molar-refractivity contribution in [3.05, 3.63) is 23.8 Å². The Morgan fingerprint density at radius 3 is 2.35 bits per heavy atom. The highest BCUT2D eigenvalue weighted by Gasteiger charge is 2.32. The SMILES string of the molecule is CC(C)(C)Oc1cc(N/N=C(\C#N)C(=N)N)cc(C(F)(F)F)c1. The molecule has 1 aromatic carbocycles. The van der Waals surface area contributed by atoms with Gasteiger partial charge in [-0.25, -0.2) is 0 Å². The number of ether oxygens (including phenoxy) is 1. The van der Waals surface area contributed by atoms with Gasteiger partial charge in [0.05, 0.1) is 11.3 Å². The van der Waals surface area contributed by atoms with Gasteiger partial charge in [-0.05, 0) is 32.9 Å². The summed E-state index contributed by atoms with van der Waals surface area (Å²) in [6.07, 6.45) is -4.57. The Morgan fingerprint density at radius 2 is 1.91 bits per heavy atom. The third kappa shape index (κ3) is 5.86. The van der Waals surface area contributed by atoms with Crippen LogP contribution < -0.4 is 15.9 Å². The van der Waals surface area contributed by atoms with Gasteiger partial charge >= 0.3 is 6.18 Å². The molecule has 0 amide bonds. The van der Waals surface area contributed by atoms with Crippen molar-refractivity contribution in [2.45, 2.75) is 32.5 Å². The molecule has 1 rings (SSSR count). The summed E-state index contributed by atoms with van der Waals surface area (Å²) < 4.78 is 44.3. The summed E-state index contributed by atoms with van der Waals surface area (Å²) >= 11 is 0. The topological polar surface area (TPSA) is 107 Å². The summed E-state index contributed by atoms with van der Waals surface area (Å²) in [5, 5.41) is 19.3. The van der Waals surface area contributed by atoms with Crippen molar-refractivity contribution in [3.8, 4) is 11.8 Å². The van der Waals surface area contributed by atoms with Crippen LogP contribution in [-0.4, -0.2) is 17.1 Å². The number of benzene rings is 1. The molecule has 0 saturated heterocycles. The Morgan fingerprint density at radius 1 is 1.30 bits per heavy atom. The Balaban J connectivity index is 3.24. The zero-order chi connectivity index (χ0) is 17.8. The highest BCUT2D eigenvalue weighted by Crippen LogP contribution is 2.35. The van der Waals surface area contributed by atoms with E-state index in [1.165, 1.54) is 6.07 Å². The minimum atomic E-state index is -4.57. The smallest absolute Gasteiger partial charge is 0.416 e. The van der Waals surface area contributed by atoms with Crippen molar-refractivity contribution in [2.24, 2.45) is 10.8 Å². The van der Waals surface area contributed by atoms with Gasteiger partial charge in [-0.1, -0.05) is 0 Å². The van der Waals surface area contributed by atoms with Crippen molar-refractivity contribution in [1.29, 1.82) is 10.7 Å². The number of amidine groups is 1. The van der Waals surface area contributed by atoms with E-state index in [4.69, 9.17) is 21.1 Å². The second-order valence-electron chi connectivity index (χ2n) is 5.56. The fraction of sp³-hybridized carbons (Fsp3) is 0.357. The first-order chi connectivity index (χ1) is 10.4. The summed E-state index contributed by atoms with van der Waals surface area (Å²) in [7, 11) is 0. The van der Waals surface area contributed by atoms with Crippen LogP contribution in [0, 0.1) is 16.7 Å². The maximum absolute atomic E-state index is 12.9. The van der Waals surface area contributed by atoms with Gasteiger partial charge in [0.2, 0.25) is 5.71 Å². The van der Waals surface area contributed by atoms with E-state index in [0.717, 1.165) is 12.1 Å². The maximum atomic E-state index is 12.9. The summed E-state index contributed by atoms with van der Waals surface area (Å²) in [4.78, 5) is 0. The number of nitrogens with two attached hydrogens (primary N) is 1. The van der Waals surface area contributed by atoms with Crippen LogP contribution in [0.3, 0.4) is 0 Å². The lowest BCUT2D eigenvalue weighted by molar-refractivity contribution is -0.137. The highest BCUT2D eigenvalue weighted by molar-refractivity contribution is 6.45. The number of hydrogen-bond donors (Lipinski definition) is 3. The van der Waals surface area contributed by atoms with Crippen molar-refractivity contribution in [2.75, 3.05) is 5.43 Å². The Labute approximate surface area is 131 Å². The fourth-order valence-electron chi connectivity index (χ4n) is 1.51. The highest BCUT2D eigenvalue weighted by atomic mass is 19.4. The van der Waals surface area contributed by atoms with Crippen LogP contribution in [-0.2, 0) is 6.18 Å². The summed E-state index contributed by atoms with van der Waals surface area (Å²) in [5.41, 5.74) is 5.27. The number of nitriles is 1. The molecule has 0 radical (unpaired) electrons. The molecular formula is C14H16F3N5O. The largest absolute Gasteiger partial charge is 0.488 e. The van der Waals surface area contributed by atoms with Gasteiger partial charge in [0.25, 0.3) is 0 Å². The number of rotatable bonds is 4. The van der Waals surface area contributed by atoms with Gasteiger partial charge in [-0.15, -0.1) is 0 Å². The van der Waals surface area contributed by atoms with Gasteiger partial charge < -0.3 is 10.5 Å². The quantitative estimate of drug-likeness (QED) is 0.448. The molecular weight excluding hydrogens is 311 g/mol. The summed E-state index contributed by atoms with van der Waals surface area (Å²) in [6.45, 7) is 5.09. The maximum Gasteiger partial charge on any atom is 0.416 e. The molecule has 0 aromatic heterocycles. The molecule has 4 N–H and O–H groups in total. The Kier molecular flexibility index (Phi) is 5.22. The lowest BCUT2D eigenvalue weighted by Crippen LogP contribution is -2.23. The molecule has 0 aliphatic rings. The predicted octanol–water partition coefficient (Wildman–Crippen LogP) is 3.11.